The lowest BCUT2D eigenvalue weighted by Crippen LogP contribution is -2.50. The zero-order chi connectivity index (χ0) is 23.4. The van der Waals surface area contributed by atoms with E-state index >= 15 is 0 Å². The van der Waals surface area contributed by atoms with Crippen LogP contribution in [0.1, 0.15) is 22.7 Å². The van der Waals surface area contributed by atoms with Gasteiger partial charge in [-0.3, -0.25) is 9.59 Å². The first-order valence-electron chi connectivity index (χ1n) is 10.1. The van der Waals surface area contributed by atoms with Gasteiger partial charge in [-0.2, -0.15) is 18.2 Å². The quantitative estimate of drug-likeness (QED) is 0.625. The molecular weight excluding hydrogens is 441 g/mol. The molecule has 2 heterocycles. The summed E-state index contributed by atoms with van der Waals surface area (Å²) < 4.78 is 47.5. The third-order valence-corrected chi connectivity index (χ3v) is 5.03. The molecule has 4 rings (SSSR count). The van der Waals surface area contributed by atoms with E-state index in [1.807, 2.05) is 6.07 Å². The molecule has 0 spiro atoms. The molecule has 172 valence electrons. The van der Waals surface area contributed by atoms with Crippen LogP contribution in [0.25, 0.3) is 11.4 Å². The lowest BCUT2D eigenvalue weighted by atomic mass is 10.1. The smallest absolute Gasteiger partial charge is 0.377 e. The van der Waals surface area contributed by atoms with Crippen molar-refractivity contribution in [2.75, 3.05) is 25.1 Å². The maximum atomic E-state index is 12.8. The average molecular weight is 460 g/mol. The summed E-state index contributed by atoms with van der Waals surface area (Å²) in [7, 11) is 0. The Kier molecular flexibility index (Phi) is 6.40. The van der Waals surface area contributed by atoms with Crippen LogP contribution in [0, 0.1) is 0 Å². The van der Waals surface area contributed by atoms with Crippen molar-refractivity contribution >= 4 is 17.5 Å². The van der Waals surface area contributed by atoms with E-state index in [0.29, 0.717) is 30.0 Å². The second-order valence-corrected chi connectivity index (χ2v) is 7.34. The number of hydrogen-bond acceptors (Lipinski definition) is 6. The number of rotatable bonds is 5. The van der Waals surface area contributed by atoms with Gasteiger partial charge < -0.3 is 19.5 Å². The minimum Gasteiger partial charge on any atom is -0.377 e. The van der Waals surface area contributed by atoms with E-state index in [1.165, 1.54) is 24.3 Å². The highest BCUT2D eigenvalue weighted by Gasteiger charge is 2.38. The molecule has 1 atom stereocenters. The Bertz CT molecular complexity index is 1120. The molecule has 1 saturated heterocycles. The Morgan fingerprint density at radius 2 is 1.82 bits per heavy atom. The van der Waals surface area contributed by atoms with Crippen molar-refractivity contribution in [2.45, 2.75) is 18.6 Å². The van der Waals surface area contributed by atoms with Crippen LogP contribution >= 0.6 is 0 Å². The molecule has 1 aromatic heterocycles. The number of hydrogen-bond donors (Lipinski definition) is 1. The van der Waals surface area contributed by atoms with Crippen LogP contribution in [-0.4, -0.2) is 52.7 Å². The predicted octanol–water partition coefficient (Wildman–Crippen LogP) is 3.63. The first-order valence-corrected chi connectivity index (χ1v) is 10.1. The van der Waals surface area contributed by atoms with Gasteiger partial charge in [0.2, 0.25) is 11.7 Å². The van der Waals surface area contributed by atoms with Gasteiger partial charge in [-0.05, 0) is 36.4 Å². The van der Waals surface area contributed by atoms with Crippen molar-refractivity contribution in [1.82, 2.24) is 15.0 Å². The molecule has 2 amide bonds. The molecule has 0 aliphatic carbocycles. The third kappa shape index (κ3) is 5.37. The first kappa shape index (κ1) is 22.5. The number of nitrogens with zero attached hydrogens (tertiary/aromatic N) is 3. The molecule has 0 bridgehead atoms. The van der Waals surface area contributed by atoms with Crippen molar-refractivity contribution in [2.24, 2.45) is 0 Å². The molecule has 33 heavy (non-hydrogen) atoms. The van der Waals surface area contributed by atoms with E-state index in [1.54, 1.807) is 29.2 Å². The van der Waals surface area contributed by atoms with Gasteiger partial charge in [-0.25, -0.2) is 0 Å². The number of aromatic nitrogens is 2. The van der Waals surface area contributed by atoms with E-state index in [-0.39, 0.29) is 30.7 Å². The van der Waals surface area contributed by atoms with Gasteiger partial charge in [0.05, 0.1) is 19.3 Å². The Labute approximate surface area is 186 Å². The third-order valence-electron chi connectivity index (χ3n) is 5.03. The van der Waals surface area contributed by atoms with Crippen LogP contribution in [0.4, 0.5) is 18.9 Å². The summed E-state index contributed by atoms with van der Waals surface area (Å²) in [4.78, 5) is 30.4. The van der Waals surface area contributed by atoms with Gasteiger partial charge in [-0.15, -0.1) is 0 Å². The topological polar surface area (TPSA) is 97.6 Å². The van der Waals surface area contributed by atoms with Gasteiger partial charge in [0, 0.05) is 29.8 Å². The number of halogens is 3. The maximum Gasteiger partial charge on any atom is 0.471 e. The van der Waals surface area contributed by atoms with E-state index < -0.39 is 18.1 Å². The second-order valence-electron chi connectivity index (χ2n) is 7.34. The van der Waals surface area contributed by atoms with Crippen LogP contribution in [-0.2, 0) is 15.7 Å². The Balaban J connectivity index is 1.38. The zero-order valence-electron chi connectivity index (χ0n) is 17.2. The molecule has 2 aromatic carbocycles. The lowest BCUT2D eigenvalue weighted by molar-refractivity contribution is -0.159. The summed E-state index contributed by atoms with van der Waals surface area (Å²) in [5.41, 5.74) is 1.27. The first-order chi connectivity index (χ1) is 15.8. The van der Waals surface area contributed by atoms with Crippen LogP contribution in [0.15, 0.2) is 59.1 Å². The summed E-state index contributed by atoms with van der Waals surface area (Å²) in [5.74, 6) is -2.14. The van der Waals surface area contributed by atoms with Gasteiger partial charge in [0.25, 0.3) is 5.91 Å². The summed E-state index contributed by atoms with van der Waals surface area (Å²) in [6.45, 7) is 1.01. The normalized spacial score (nSPS) is 16.5. The minimum atomic E-state index is -4.72. The number of anilines is 1. The number of benzene rings is 2. The molecule has 11 heteroatoms. The van der Waals surface area contributed by atoms with Gasteiger partial charge in [0.1, 0.15) is 0 Å². The second kappa shape index (κ2) is 9.41. The summed E-state index contributed by atoms with van der Waals surface area (Å²) in [6, 6.07) is 14.4. The highest BCUT2D eigenvalue weighted by atomic mass is 19.4. The Morgan fingerprint density at radius 3 is 2.48 bits per heavy atom. The molecule has 0 radical (unpaired) electrons. The highest BCUT2D eigenvalue weighted by molar-refractivity contribution is 5.96. The molecule has 3 aromatic rings. The van der Waals surface area contributed by atoms with Crippen molar-refractivity contribution < 1.29 is 32.0 Å². The Morgan fingerprint density at radius 1 is 1.09 bits per heavy atom. The average Bonchev–Trinajstić information content (AvgIpc) is 3.31. The van der Waals surface area contributed by atoms with Crippen molar-refractivity contribution in [3.63, 3.8) is 0 Å². The molecule has 1 aliphatic rings. The number of carbonyl (C=O) groups is 2. The highest BCUT2D eigenvalue weighted by Crippen LogP contribution is 2.29. The van der Waals surface area contributed by atoms with Crippen LogP contribution < -0.4 is 5.32 Å². The predicted molar refractivity (Wildman–Crippen MR) is 110 cm³/mol. The molecule has 0 unspecified atom stereocenters. The molecular formula is C22H19F3N4O4. The summed E-state index contributed by atoms with van der Waals surface area (Å²) in [5, 5.41) is 6.05. The SMILES string of the molecule is O=C(C[C@H]1COCCN1C(=O)c1ccccc1)Nc1ccc(-c2noc(C(F)(F)F)n2)cc1. The molecule has 1 N–H and O–H groups in total. The van der Waals surface area contributed by atoms with E-state index in [2.05, 4.69) is 20.0 Å². The lowest BCUT2D eigenvalue weighted by Gasteiger charge is -2.35. The number of morpholine rings is 1. The molecule has 8 nitrogen and oxygen atoms in total. The molecule has 0 saturated carbocycles. The summed E-state index contributed by atoms with van der Waals surface area (Å²) in [6.07, 6.45) is -4.70. The fraction of sp³-hybridized carbons (Fsp3) is 0.273. The number of nitrogens with one attached hydrogen (secondary N) is 1. The Hall–Kier alpha value is -3.73. The number of alkyl halides is 3. The molecule has 1 aliphatic heterocycles. The van der Waals surface area contributed by atoms with Gasteiger partial charge >= 0.3 is 12.1 Å². The van der Waals surface area contributed by atoms with Gasteiger partial charge in [0.15, 0.2) is 0 Å². The maximum absolute atomic E-state index is 12.8. The van der Waals surface area contributed by atoms with Crippen molar-refractivity contribution in [3.05, 3.63) is 66.1 Å². The minimum absolute atomic E-state index is 0.0279. The van der Waals surface area contributed by atoms with Gasteiger partial charge in [-0.1, -0.05) is 23.4 Å². The number of carbonyl (C=O) groups excluding carboxylic acids is 2. The largest absolute Gasteiger partial charge is 0.471 e. The monoisotopic (exact) mass is 460 g/mol. The summed E-state index contributed by atoms with van der Waals surface area (Å²) >= 11 is 0. The van der Waals surface area contributed by atoms with Crippen molar-refractivity contribution in [1.29, 1.82) is 0 Å². The van der Waals surface area contributed by atoms with E-state index in [0.717, 1.165) is 0 Å². The van der Waals surface area contributed by atoms with Crippen LogP contribution in [0.3, 0.4) is 0 Å². The zero-order valence-corrected chi connectivity index (χ0v) is 17.2. The molecule has 1 fully saturated rings. The van der Waals surface area contributed by atoms with E-state index in [9.17, 15) is 22.8 Å². The fourth-order valence-electron chi connectivity index (χ4n) is 3.42. The van der Waals surface area contributed by atoms with Crippen molar-refractivity contribution in [3.8, 4) is 11.4 Å². The van der Waals surface area contributed by atoms with Crippen LogP contribution in [0.5, 0.6) is 0 Å². The van der Waals surface area contributed by atoms with Crippen LogP contribution in [0.2, 0.25) is 0 Å². The van der Waals surface area contributed by atoms with E-state index in [4.69, 9.17) is 4.74 Å². The number of ether oxygens (including phenoxy) is 1. The fourth-order valence-corrected chi connectivity index (χ4v) is 3.42. The number of amides is 2. The standard InChI is InChI=1S/C22H19F3N4O4/c23-22(24,25)21-27-19(28-33-21)14-6-8-16(9-7-14)26-18(30)12-17-13-32-11-10-29(17)20(31)15-4-2-1-3-5-15/h1-9,17H,10-13H2,(H,26,30)/t17-/m0/s1.